The van der Waals surface area contributed by atoms with E-state index in [1.165, 1.54) is 5.43 Å². The number of nitrogens with zero attached hydrogens (tertiary/aromatic N) is 1. The lowest BCUT2D eigenvalue weighted by Crippen LogP contribution is -2.09. The van der Waals surface area contributed by atoms with Gasteiger partial charge in [-0.15, -0.1) is 5.43 Å². The van der Waals surface area contributed by atoms with Gasteiger partial charge in [0.1, 0.15) is 16.5 Å². The second-order valence-corrected chi connectivity index (χ2v) is 2.47. The summed E-state index contributed by atoms with van der Waals surface area (Å²) in [7, 11) is 0. The molecule has 0 radical (unpaired) electrons. The number of halogens is 3. The van der Waals surface area contributed by atoms with Crippen LogP contribution in [0.3, 0.4) is 0 Å². The van der Waals surface area contributed by atoms with Gasteiger partial charge < -0.3 is 0 Å². The molecule has 1 aromatic rings. The molecule has 4 nitrogen and oxygen atoms in total. The molecule has 0 fully saturated rings. The maximum Gasteiger partial charge on any atom is 0.173 e. The fourth-order valence-electron chi connectivity index (χ4n) is 0.711. The zero-order valence-corrected chi connectivity index (χ0v) is 6.81. The normalized spacial score (nSPS) is 9.77. The molecule has 7 heteroatoms. The molecular weight excluding hydrogens is 206 g/mol. The molecule has 0 unspecified atom stereocenters. The molecule has 0 aliphatic carbocycles. The summed E-state index contributed by atoms with van der Waals surface area (Å²) in [5, 5.41) is 8.17. The summed E-state index contributed by atoms with van der Waals surface area (Å²) in [6, 6.07) is 1.72. The van der Waals surface area contributed by atoms with Crippen molar-refractivity contribution in [2.24, 2.45) is 0 Å². The fourth-order valence-corrected chi connectivity index (χ4v) is 0.875. The van der Waals surface area contributed by atoms with Gasteiger partial charge in [-0.2, -0.15) is 0 Å². The molecule has 1 aromatic carbocycles. The predicted molar refractivity (Wildman–Crippen MR) is 42.0 cm³/mol. The molecule has 0 aliphatic heterocycles. The maximum atomic E-state index is 12.9. The van der Waals surface area contributed by atoms with Crippen molar-refractivity contribution in [1.29, 1.82) is 0 Å². The van der Waals surface area contributed by atoms with Crippen molar-refractivity contribution in [3.63, 3.8) is 0 Å². The lowest BCUT2D eigenvalue weighted by atomic mass is 10.3. The topological polar surface area (TPSA) is 55.2 Å². The van der Waals surface area contributed by atoms with Gasteiger partial charge in [-0.1, -0.05) is 11.6 Å². The summed E-state index contributed by atoms with van der Waals surface area (Å²) >= 11 is 5.15. The number of hydrazine groups is 1. The number of hydrogen-bond donors (Lipinski definition) is 1. The molecule has 0 spiro atoms. The molecule has 0 aliphatic rings. The third-order valence-electron chi connectivity index (χ3n) is 1.25. The first-order chi connectivity index (χ1) is 6.02. The Balaban J connectivity index is 3.10. The molecule has 0 amide bonds. The third-order valence-corrected chi connectivity index (χ3v) is 1.59. The Hall–Kier alpha value is -1.43. The SMILES string of the molecule is O=[N+]([O-])Nc1ccc(F)c(Cl)c1F. The van der Waals surface area contributed by atoms with Crippen LogP contribution >= 0.6 is 11.6 Å². The molecule has 13 heavy (non-hydrogen) atoms. The first-order valence-corrected chi connectivity index (χ1v) is 3.44. The minimum atomic E-state index is -1.18. The third kappa shape index (κ3) is 2.03. The summed E-state index contributed by atoms with van der Waals surface area (Å²) in [4.78, 5) is 9.91. The van der Waals surface area contributed by atoms with Gasteiger partial charge in [-0.25, -0.2) is 18.9 Å². The summed E-state index contributed by atoms with van der Waals surface area (Å²) in [5.74, 6) is -2.15. The van der Waals surface area contributed by atoms with E-state index in [4.69, 9.17) is 11.6 Å². The van der Waals surface area contributed by atoms with Crippen LogP contribution in [0, 0.1) is 21.7 Å². The smallest absolute Gasteiger partial charge is 0.173 e. The molecule has 1 N–H and O–H groups in total. The van der Waals surface area contributed by atoms with Crippen molar-refractivity contribution in [3.8, 4) is 0 Å². The molecule has 0 heterocycles. The van der Waals surface area contributed by atoms with Crippen molar-refractivity contribution in [3.05, 3.63) is 38.9 Å². The van der Waals surface area contributed by atoms with Gasteiger partial charge in [0.2, 0.25) is 0 Å². The first-order valence-electron chi connectivity index (χ1n) is 3.07. The summed E-state index contributed by atoms with van der Waals surface area (Å²) in [6.45, 7) is 0. The first kappa shape index (κ1) is 9.66. The highest BCUT2D eigenvalue weighted by atomic mass is 35.5. The number of benzene rings is 1. The minimum Gasteiger partial charge on any atom is -0.235 e. The van der Waals surface area contributed by atoms with Crippen LogP contribution < -0.4 is 5.43 Å². The Bertz CT molecular complexity index is 359. The second kappa shape index (κ2) is 3.53. The second-order valence-electron chi connectivity index (χ2n) is 2.09. The van der Waals surface area contributed by atoms with Crippen molar-refractivity contribution in [2.75, 3.05) is 5.43 Å². The number of hydrogen-bond acceptors (Lipinski definition) is 2. The van der Waals surface area contributed by atoms with Gasteiger partial charge in [0.15, 0.2) is 10.8 Å². The molecule has 0 bridgehead atoms. The van der Waals surface area contributed by atoms with E-state index >= 15 is 0 Å². The zero-order chi connectivity index (χ0) is 10.0. The number of rotatable bonds is 2. The maximum absolute atomic E-state index is 12.9. The Labute approximate surface area is 76.2 Å². The van der Waals surface area contributed by atoms with Gasteiger partial charge in [0, 0.05) is 0 Å². The molecule has 0 aromatic heterocycles. The van der Waals surface area contributed by atoms with Crippen LogP contribution in [0.5, 0.6) is 0 Å². The predicted octanol–water partition coefficient (Wildman–Crippen LogP) is 2.22. The van der Waals surface area contributed by atoms with Crippen molar-refractivity contribution >= 4 is 17.3 Å². The van der Waals surface area contributed by atoms with E-state index in [1.807, 2.05) is 0 Å². The van der Waals surface area contributed by atoms with Gasteiger partial charge in [0.05, 0.1) is 0 Å². The highest BCUT2D eigenvalue weighted by Crippen LogP contribution is 2.24. The van der Waals surface area contributed by atoms with Gasteiger partial charge >= 0.3 is 0 Å². The van der Waals surface area contributed by atoms with Crippen LogP contribution in [0.1, 0.15) is 0 Å². The molecule has 70 valence electrons. The van der Waals surface area contributed by atoms with E-state index in [-0.39, 0.29) is 0 Å². The Morgan fingerprint density at radius 1 is 1.46 bits per heavy atom. The van der Waals surface area contributed by atoms with E-state index in [0.717, 1.165) is 12.1 Å². The highest BCUT2D eigenvalue weighted by molar-refractivity contribution is 6.31. The van der Waals surface area contributed by atoms with Crippen LogP contribution in [-0.4, -0.2) is 5.03 Å². The summed E-state index contributed by atoms with van der Waals surface area (Å²) in [6.07, 6.45) is 0. The molecule has 0 saturated heterocycles. The summed E-state index contributed by atoms with van der Waals surface area (Å²) in [5.41, 5.74) is 1.06. The average molecular weight is 209 g/mol. The monoisotopic (exact) mass is 208 g/mol. The van der Waals surface area contributed by atoms with E-state index < -0.39 is 27.4 Å². The Morgan fingerprint density at radius 2 is 2.08 bits per heavy atom. The molecule has 1 rings (SSSR count). The van der Waals surface area contributed by atoms with E-state index in [0.29, 0.717) is 0 Å². The van der Waals surface area contributed by atoms with Crippen LogP contribution in [0.2, 0.25) is 5.02 Å². The van der Waals surface area contributed by atoms with Gasteiger partial charge in [0.25, 0.3) is 0 Å². The lowest BCUT2D eigenvalue weighted by Gasteiger charge is -2.01. The highest BCUT2D eigenvalue weighted by Gasteiger charge is 2.14. The minimum absolute atomic E-state index is 0.476. The Morgan fingerprint density at radius 3 is 2.62 bits per heavy atom. The van der Waals surface area contributed by atoms with Crippen LogP contribution in [0.25, 0.3) is 0 Å². The van der Waals surface area contributed by atoms with E-state index in [9.17, 15) is 18.9 Å². The fraction of sp³-hybridized carbons (Fsp3) is 0. The standard InChI is InChI=1S/C6H3ClF2N2O2/c7-5-3(8)1-2-4(6(5)9)10-11(12)13/h1-2,10H. The van der Waals surface area contributed by atoms with Crippen LogP contribution in [-0.2, 0) is 0 Å². The quantitative estimate of drug-likeness (QED) is 0.461. The van der Waals surface area contributed by atoms with E-state index in [2.05, 4.69) is 0 Å². The zero-order valence-electron chi connectivity index (χ0n) is 6.05. The Kier molecular flexibility index (Phi) is 2.62. The van der Waals surface area contributed by atoms with Crippen LogP contribution in [0.15, 0.2) is 12.1 Å². The average Bonchev–Trinajstić information content (AvgIpc) is 2.06. The van der Waals surface area contributed by atoms with Crippen LogP contribution in [0.4, 0.5) is 14.5 Å². The van der Waals surface area contributed by atoms with Gasteiger partial charge in [-0.3, -0.25) is 0 Å². The molecular formula is C6H3ClF2N2O2. The van der Waals surface area contributed by atoms with Crippen molar-refractivity contribution in [2.45, 2.75) is 0 Å². The number of nitrogens with one attached hydrogen (secondary N) is 1. The number of anilines is 1. The van der Waals surface area contributed by atoms with Gasteiger partial charge in [-0.05, 0) is 12.1 Å². The molecule has 0 atom stereocenters. The largest absolute Gasteiger partial charge is 0.235 e. The number of nitro groups is 1. The lowest BCUT2D eigenvalue weighted by molar-refractivity contribution is -0.445. The van der Waals surface area contributed by atoms with Crippen molar-refractivity contribution < 1.29 is 13.8 Å². The van der Waals surface area contributed by atoms with E-state index in [1.54, 1.807) is 0 Å². The molecule has 0 saturated carbocycles. The summed E-state index contributed by atoms with van der Waals surface area (Å²) < 4.78 is 25.4. The van der Waals surface area contributed by atoms with Crippen molar-refractivity contribution in [1.82, 2.24) is 0 Å².